The molecular formula is C23H27N3O4. The van der Waals surface area contributed by atoms with Gasteiger partial charge in [0.2, 0.25) is 11.8 Å². The van der Waals surface area contributed by atoms with Crippen molar-refractivity contribution in [1.29, 1.82) is 0 Å². The molecule has 2 aromatic carbocycles. The van der Waals surface area contributed by atoms with E-state index in [1.54, 1.807) is 24.1 Å². The maximum Gasteiger partial charge on any atom is 0.269 e. The number of carbonyl (C=O) groups excluding carboxylic acids is 2. The van der Waals surface area contributed by atoms with Crippen LogP contribution in [0, 0.1) is 16.0 Å². The average Bonchev–Trinajstić information content (AvgIpc) is 2.78. The Morgan fingerprint density at radius 2 is 1.73 bits per heavy atom. The highest BCUT2D eigenvalue weighted by Gasteiger charge is 2.29. The topological polar surface area (TPSA) is 83.8 Å². The first kappa shape index (κ1) is 21.5. The molecule has 0 spiro atoms. The van der Waals surface area contributed by atoms with Crippen LogP contribution in [0.15, 0.2) is 54.6 Å². The van der Waals surface area contributed by atoms with Gasteiger partial charge in [-0.3, -0.25) is 19.7 Å². The van der Waals surface area contributed by atoms with E-state index < -0.39 is 4.92 Å². The van der Waals surface area contributed by atoms with E-state index in [2.05, 4.69) is 0 Å². The van der Waals surface area contributed by atoms with Gasteiger partial charge in [-0.1, -0.05) is 42.5 Å². The zero-order valence-electron chi connectivity index (χ0n) is 17.2. The number of benzene rings is 2. The van der Waals surface area contributed by atoms with Crippen LogP contribution in [-0.2, 0) is 22.6 Å². The number of hydrogen-bond acceptors (Lipinski definition) is 4. The largest absolute Gasteiger partial charge is 0.343 e. The SMILES string of the molecule is CN(Cc1cccc([N+](=O)[O-])c1)C(=O)C1CCN(C(=O)CCc2ccccc2)CC1. The second kappa shape index (κ2) is 10.0. The van der Waals surface area contributed by atoms with Gasteiger partial charge in [-0.15, -0.1) is 0 Å². The minimum atomic E-state index is -0.435. The van der Waals surface area contributed by atoms with Crippen molar-refractivity contribution in [1.82, 2.24) is 9.80 Å². The molecular weight excluding hydrogens is 382 g/mol. The standard InChI is InChI=1S/C23H27N3O4/c1-24(17-19-8-5-9-21(16-19)26(29)30)23(28)20-12-14-25(15-13-20)22(27)11-10-18-6-3-2-4-7-18/h2-9,16,20H,10-15,17H2,1H3. The molecule has 1 aliphatic rings. The molecule has 158 valence electrons. The summed E-state index contributed by atoms with van der Waals surface area (Å²) < 4.78 is 0. The van der Waals surface area contributed by atoms with E-state index in [0.29, 0.717) is 38.9 Å². The third-order valence-electron chi connectivity index (χ3n) is 5.58. The first-order valence-electron chi connectivity index (χ1n) is 10.2. The third kappa shape index (κ3) is 5.65. The van der Waals surface area contributed by atoms with Crippen molar-refractivity contribution >= 4 is 17.5 Å². The highest BCUT2D eigenvalue weighted by Crippen LogP contribution is 2.22. The second-order valence-electron chi connectivity index (χ2n) is 7.76. The Bertz CT molecular complexity index is 892. The maximum absolute atomic E-state index is 12.8. The molecule has 2 aromatic rings. The van der Waals surface area contributed by atoms with E-state index in [9.17, 15) is 19.7 Å². The fourth-order valence-electron chi connectivity index (χ4n) is 3.86. The van der Waals surface area contributed by atoms with Gasteiger partial charge >= 0.3 is 0 Å². The van der Waals surface area contributed by atoms with Gasteiger partial charge in [0, 0.05) is 51.2 Å². The van der Waals surface area contributed by atoms with E-state index in [4.69, 9.17) is 0 Å². The van der Waals surface area contributed by atoms with E-state index in [0.717, 1.165) is 17.5 Å². The van der Waals surface area contributed by atoms with E-state index >= 15 is 0 Å². The summed E-state index contributed by atoms with van der Waals surface area (Å²) in [5, 5.41) is 10.9. The second-order valence-corrected chi connectivity index (χ2v) is 7.76. The smallest absolute Gasteiger partial charge is 0.269 e. The van der Waals surface area contributed by atoms with Gasteiger partial charge in [-0.2, -0.15) is 0 Å². The van der Waals surface area contributed by atoms with Gasteiger partial charge in [0.05, 0.1) is 4.92 Å². The number of nitro benzene ring substituents is 1. The molecule has 0 radical (unpaired) electrons. The van der Waals surface area contributed by atoms with Gasteiger partial charge in [0.1, 0.15) is 0 Å². The monoisotopic (exact) mass is 409 g/mol. The highest BCUT2D eigenvalue weighted by molar-refractivity contribution is 5.80. The maximum atomic E-state index is 12.8. The Labute approximate surface area is 176 Å². The molecule has 1 fully saturated rings. The number of piperidine rings is 1. The summed E-state index contributed by atoms with van der Waals surface area (Å²) in [5.41, 5.74) is 1.91. The Balaban J connectivity index is 1.46. The molecule has 3 rings (SSSR count). The molecule has 1 saturated heterocycles. The zero-order chi connectivity index (χ0) is 21.5. The normalized spacial score (nSPS) is 14.4. The van der Waals surface area contributed by atoms with Gasteiger partial charge in [-0.25, -0.2) is 0 Å². The van der Waals surface area contributed by atoms with Crippen LogP contribution in [0.3, 0.4) is 0 Å². The number of nitrogens with zero attached hydrogens (tertiary/aromatic N) is 3. The molecule has 1 heterocycles. The zero-order valence-corrected chi connectivity index (χ0v) is 17.2. The molecule has 0 aromatic heterocycles. The number of rotatable bonds is 7. The molecule has 0 unspecified atom stereocenters. The Morgan fingerprint density at radius 3 is 2.40 bits per heavy atom. The lowest BCUT2D eigenvalue weighted by Gasteiger charge is -2.33. The van der Waals surface area contributed by atoms with Crippen LogP contribution in [0.5, 0.6) is 0 Å². The number of aryl methyl sites for hydroxylation is 1. The number of carbonyl (C=O) groups is 2. The van der Waals surface area contributed by atoms with E-state index in [1.165, 1.54) is 12.1 Å². The molecule has 0 saturated carbocycles. The van der Waals surface area contributed by atoms with Crippen molar-refractivity contribution in [2.75, 3.05) is 20.1 Å². The summed E-state index contributed by atoms with van der Waals surface area (Å²) in [4.78, 5) is 39.2. The summed E-state index contributed by atoms with van der Waals surface area (Å²) in [6.45, 7) is 1.51. The van der Waals surface area contributed by atoms with Crippen LogP contribution in [0.1, 0.15) is 30.4 Å². The van der Waals surface area contributed by atoms with Crippen LogP contribution in [0.4, 0.5) is 5.69 Å². The number of likely N-dealkylation sites (tertiary alicyclic amines) is 1. The molecule has 7 heteroatoms. The fraction of sp³-hybridized carbons (Fsp3) is 0.391. The Hall–Kier alpha value is -3.22. The van der Waals surface area contributed by atoms with Crippen molar-refractivity contribution in [3.05, 3.63) is 75.8 Å². The highest BCUT2D eigenvalue weighted by atomic mass is 16.6. The summed E-state index contributed by atoms with van der Waals surface area (Å²) in [7, 11) is 1.72. The van der Waals surface area contributed by atoms with Crippen LogP contribution < -0.4 is 0 Å². The molecule has 7 nitrogen and oxygen atoms in total. The van der Waals surface area contributed by atoms with E-state index in [1.807, 2.05) is 35.2 Å². The Kier molecular flexibility index (Phi) is 7.17. The predicted octanol–water partition coefficient (Wildman–Crippen LogP) is 3.42. The van der Waals surface area contributed by atoms with Gasteiger partial charge in [0.15, 0.2) is 0 Å². The van der Waals surface area contributed by atoms with Crippen molar-refractivity contribution in [3.8, 4) is 0 Å². The first-order valence-corrected chi connectivity index (χ1v) is 10.2. The number of non-ortho nitro benzene ring substituents is 1. The molecule has 0 bridgehead atoms. The minimum absolute atomic E-state index is 0.0238. The lowest BCUT2D eigenvalue weighted by atomic mass is 9.94. The van der Waals surface area contributed by atoms with E-state index in [-0.39, 0.29) is 23.4 Å². The molecule has 2 amide bonds. The van der Waals surface area contributed by atoms with Gasteiger partial charge < -0.3 is 9.80 Å². The van der Waals surface area contributed by atoms with Crippen LogP contribution in [-0.4, -0.2) is 46.7 Å². The molecule has 30 heavy (non-hydrogen) atoms. The van der Waals surface area contributed by atoms with Crippen LogP contribution in [0.2, 0.25) is 0 Å². The number of hydrogen-bond donors (Lipinski definition) is 0. The lowest BCUT2D eigenvalue weighted by Crippen LogP contribution is -2.43. The molecule has 0 atom stereocenters. The van der Waals surface area contributed by atoms with Crippen LogP contribution in [0.25, 0.3) is 0 Å². The first-order chi connectivity index (χ1) is 14.4. The van der Waals surface area contributed by atoms with Gasteiger partial charge in [-0.05, 0) is 30.4 Å². The van der Waals surface area contributed by atoms with Crippen molar-refractivity contribution in [3.63, 3.8) is 0 Å². The summed E-state index contributed by atoms with van der Waals surface area (Å²) >= 11 is 0. The fourth-order valence-corrected chi connectivity index (χ4v) is 3.86. The third-order valence-corrected chi connectivity index (χ3v) is 5.58. The summed E-state index contributed by atoms with van der Waals surface area (Å²) in [5.74, 6) is 0.0412. The quantitative estimate of drug-likeness (QED) is 0.518. The van der Waals surface area contributed by atoms with Crippen molar-refractivity contribution in [2.45, 2.75) is 32.2 Å². The average molecular weight is 409 g/mol. The van der Waals surface area contributed by atoms with Crippen molar-refractivity contribution < 1.29 is 14.5 Å². The molecule has 1 aliphatic heterocycles. The van der Waals surface area contributed by atoms with Crippen molar-refractivity contribution in [2.24, 2.45) is 5.92 Å². The van der Waals surface area contributed by atoms with Gasteiger partial charge in [0.25, 0.3) is 5.69 Å². The molecule has 0 N–H and O–H groups in total. The summed E-state index contributed by atoms with van der Waals surface area (Å²) in [6, 6.07) is 16.3. The lowest BCUT2D eigenvalue weighted by molar-refractivity contribution is -0.384. The van der Waals surface area contributed by atoms with Crippen LogP contribution >= 0.6 is 0 Å². The minimum Gasteiger partial charge on any atom is -0.343 e. The molecule has 0 aliphatic carbocycles. The summed E-state index contributed by atoms with van der Waals surface area (Å²) in [6.07, 6.45) is 2.50. The predicted molar refractivity (Wildman–Crippen MR) is 114 cm³/mol. The number of nitro groups is 1. The number of amides is 2. The Morgan fingerprint density at radius 1 is 1.07 bits per heavy atom.